The van der Waals surface area contributed by atoms with Gasteiger partial charge in [0.2, 0.25) is 0 Å². The third-order valence-corrected chi connectivity index (χ3v) is 3.80. The van der Waals surface area contributed by atoms with Crippen molar-refractivity contribution in [2.45, 2.75) is 0 Å². The lowest BCUT2D eigenvalue weighted by Gasteiger charge is -2.02. The highest BCUT2D eigenvalue weighted by molar-refractivity contribution is 7.14. The number of hydrogen-bond donors (Lipinski definition) is 1. The number of thiazole rings is 1. The van der Waals surface area contributed by atoms with Crippen LogP contribution in [0.1, 0.15) is 0 Å². The van der Waals surface area contributed by atoms with Gasteiger partial charge in [0.05, 0.1) is 16.7 Å². The number of benzene rings is 2. The van der Waals surface area contributed by atoms with Crippen LogP contribution in [0.3, 0.4) is 0 Å². The molecule has 1 aromatic heterocycles. The number of non-ortho nitro benzene ring substituents is 1. The van der Waals surface area contributed by atoms with Crippen molar-refractivity contribution < 1.29 is 13.7 Å². The average molecular weight is 333 g/mol. The zero-order valence-corrected chi connectivity index (χ0v) is 12.3. The number of nitro benzene ring substituents is 1. The molecule has 0 amide bonds. The van der Waals surface area contributed by atoms with E-state index >= 15 is 0 Å². The third-order valence-electron chi connectivity index (χ3n) is 3.04. The lowest BCUT2D eigenvalue weighted by atomic mass is 10.1. The number of nitro groups is 1. The van der Waals surface area contributed by atoms with Crippen molar-refractivity contribution in [2.75, 3.05) is 5.32 Å². The van der Waals surface area contributed by atoms with Crippen molar-refractivity contribution in [1.29, 1.82) is 0 Å². The smallest absolute Gasteiger partial charge is 0.272 e. The molecule has 3 rings (SSSR count). The molecule has 0 unspecified atom stereocenters. The third kappa shape index (κ3) is 3.32. The SMILES string of the molecule is O=[N+]([O-])c1ccc(-c2csc(Nc3ccc(F)cc3)n2)c(F)c1. The average Bonchev–Trinajstić information content (AvgIpc) is 2.97. The molecule has 116 valence electrons. The summed E-state index contributed by atoms with van der Waals surface area (Å²) in [5, 5.41) is 15.7. The molecule has 1 N–H and O–H groups in total. The van der Waals surface area contributed by atoms with Crippen LogP contribution in [-0.2, 0) is 0 Å². The molecule has 3 aromatic rings. The van der Waals surface area contributed by atoms with Crippen LogP contribution < -0.4 is 5.32 Å². The number of aromatic nitrogens is 1. The Labute approximate surface area is 133 Å². The molecule has 8 heteroatoms. The molecule has 0 aliphatic heterocycles. The highest BCUT2D eigenvalue weighted by Crippen LogP contribution is 2.30. The number of nitrogens with zero attached hydrogens (tertiary/aromatic N) is 2. The Morgan fingerprint density at radius 3 is 2.52 bits per heavy atom. The summed E-state index contributed by atoms with van der Waals surface area (Å²) < 4.78 is 26.8. The van der Waals surface area contributed by atoms with Gasteiger partial charge >= 0.3 is 0 Å². The maximum Gasteiger partial charge on any atom is 0.272 e. The number of halogens is 2. The van der Waals surface area contributed by atoms with Gasteiger partial charge in [-0.25, -0.2) is 13.8 Å². The van der Waals surface area contributed by atoms with Crippen LogP contribution in [-0.4, -0.2) is 9.91 Å². The first-order chi connectivity index (χ1) is 11.0. The fraction of sp³-hybridized carbons (Fsp3) is 0. The molecule has 0 atom stereocenters. The molecule has 5 nitrogen and oxygen atoms in total. The minimum Gasteiger partial charge on any atom is -0.332 e. The lowest BCUT2D eigenvalue weighted by Crippen LogP contribution is -1.92. The van der Waals surface area contributed by atoms with Gasteiger partial charge in [0, 0.05) is 22.7 Å². The van der Waals surface area contributed by atoms with Gasteiger partial charge in [0.1, 0.15) is 11.6 Å². The van der Waals surface area contributed by atoms with E-state index < -0.39 is 10.7 Å². The van der Waals surface area contributed by atoms with Crippen molar-refractivity contribution in [1.82, 2.24) is 4.98 Å². The maximum atomic E-state index is 14.0. The largest absolute Gasteiger partial charge is 0.332 e. The van der Waals surface area contributed by atoms with Crippen LogP contribution in [0.15, 0.2) is 47.8 Å². The zero-order valence-electron chi connectivity index (χ0n) is 11.5. The van der Waals surface area contributed by atoms with Crippen molar-refractivity contribution in [2.24, 2.45) is 0 Å². The van der Waals surface area contributed by atoms with Crippen LogP contribution in [0, 0.1) is 21.7 Å². The lowest BCUT2D eigenvalue weighted by molar-refractivity contribution is -0.385. The first-order valence-corrected chi connectivity index (χ1v) is 7.33. The van der Waals surface area contributed by atoms with Crippen molar-refractivity contribution in [3.63, 3.8) is 0 Å². The van der Waals surface area contributed by atoms with E-state index in [1.165, 1.54) is 35.6 Å². The summed E-state index contributed by atoms with van der Waals surface area (Å²) >= 11 is 1.25. The molecule has 0 saturated heterocycles. The summed E-state index contributed by atoms with van der Waals surface area (Å²) in [6.07, 6.45) is 0. The van der Waals surface area contributed by atoms with Gasteiger partial charge in [-0.05, 0) is 30.3 Å². The Morgan fingerprint density at radius 2 is 1.87 bits per heavy atom. The molecule has 23 heavy (non-hydrogen) atoms. The van der Waals surface area contributed by atoms with Gasteiger partial charge < -0.3 is 5.32 Å². The standard InChI is InChI=1S/C15H9F2N3O2S/c16-9-1-3-10(4-2-9)18-15-19-14(8-23-15)12-6-5-11(20(21)22)7-13(12)17/h1-8H,(H,18,19). The van der Waals surface area contributed by atoms with Gasteiger partial charge in [-0.2, -0.15) is 0 Å². The van der Waals surface area contributed by atoms with Gasteiger partial charge in [0.25, 0.3) is 5.69 Å². The zero-order chi connectivity index (χ0) is 16.4. The number of hydrogen-bond acceptors (Lipinski definition) is 5. The maximum absolute atomic E-state index is 14.0. The molecule has 0 aliphatic rings. The summed E-state index contributed by atoms with van der Waals surface area (Å²) in [5.74, 6) is -1.05. The van der Waals surface area contributed by atoms with E-state index in [9.17, 15) is 18.9 Å². The van der Waals surface area contributed by atoms with Crippen LogP contribution in [0.25, 0.3) is 11.3 Å². The topological polar surface area (TPSA) is 68.1 Å². The van der Waals surface area contributed by atoms with Gasteiger partial charge in [-0.1, -0.05) is 0 Å². The summed E-state index contributed by atoms with van der Waals surface area (Å²) in [5.41, 5.74) is 0.883. The van der Waals surface area contributed by atoms with Gasteiger partial charge in [0.15, 0.2) is 5.13 Å². The van der Waals surface area contributed by atoms with Crippen LogP contribution in [0.4, 0.5) is 25.3 Å². The first-order valence-electron chi connectivity index (χ1n) is 6.45. The molecule has 2 aromatic carbocycles. The van der Waals surface area contributed by atoms with Crippen LogP contribution in [0.2, 0.25) is 0 Å². The van der Waals surface area contributed by atoms with Crippen molar-refractivity contribution >= 4 is 27.8 Å². The highest BCUT2D eigenvalue weighted by Gasteiger charge is 2.14. The molecule has 0 saturated carbocycles. The van der Waals surface area contributed by atoms with Crippen LogP contribution >= 0.6 is 11.3 Å². The van der Waals surface area contributed by atoms with Crippen molar-refractivity contribution in [3.8, 4) is 11.3 Å². The predicted molar refractivity (Wildman–Crippen MR) is 83.8 cm³/mol. The van der Waals surface area contributed by atoms with Crippen LogP contribution in [0.5, 0.6) is 0 Å². The molecule has 0 spiro atoms. The molecule has 0 aliphatic carbocycles. The second-order valence-corrected chi connectivity index (χ2v) is 5.45. The predicted octanol–water partition coefficient (Wildman–Crippen LogP) is 4.74. The summed E-state index contributed by atoms with van der Waals surface area (Å²) in [6.45, 7) is 0. The number of nitrogens with one attached hydrogen (secondary N) is 1. The van der Waals surface area contributed by atoms with E-state index in [0.29, 0.717) is 16.5 Å². The fourth-order valence-electron chi connectivity index (χ4n) is 1.94. The first kappa shape index (κ1) is 15.0. The van der Waals surface area contributed by atoms with E-state index in [1.54, 1.807) is 17.5 Å². The van der Waals surface area contributed by atoms with Gasteiger partial charge in [-0.15, -0.1) is 11.3 Å². The fourth-order valence-corrected chi connectivity index (χ4v) is 2.67. The van der Waals surface area contributed by atoms with Gasteiger partial charge in [-0.3, -0.25) is 10.1 Å². The summed E-state index contributed by atoms with van der Waals surface area (Å²) in [7, 11) is 0. The normalized spacial score (nSPS) is 10.5. The summed E-state index contributed by atoms with van der Waals surface area (Å²) in [4.78, 5) is 14.2. The quantitative estimate of drug-likeness (QED) is 0.553. The molecule has 0 radical (unpaired) electrons. The number of rotatable bonds is 4. The van der Waals surface area contributed by atoms with E-state index in [4.69, 9.17) is 0 Å². The van der Waals surface area contributed by atoms with E-state index in [1.807, 2.05) is 0 Å². The van der Waals surface area contributed by atoms with Crippen molar-refractivity contribution in [3.05, 3.63) is 69.6 Å². The highest BCUT2D eigenvalue weighted by atomic mass is 32.1. The van der Waals surface area contributed by atoms with E-state index in [2.05, 4.69) is 10.3 Å². The Balaban J connectivity index is 1.84. The number of anilines is 2. The molecular formula is C15H9F2N3O2S. The second kappa shape index (κ2) is 6.09. The molecule has 1 heterocycles. The molecular weight excluding hydrogens is 324 g/mol. The summed E-state index contributed by atoms with van der Waals surface area (Å²) in [6, 6.07) is 9.15. The Bertz CT molecular complexity index is 865. The Hall–Kier alpha value is -2.87. The Morgan fingerprint density at radius 1 is 1.13 bits per heavy atom. The Kier molecular flexibility index (Phi) is 3.98. The molecule has 0 fully saturated rings. The minimum absolute atomic E-state index is 0.180. The molecule has 0 bridgehead atoms. The van der Waals surface area contributed by atoms with E-state index in [0.717, 1.165) is 6.07 Å². The second-order valence-electron chi connectivity index (χ2n) is 4.59. The monoisotopic (exact) mass is 333 g/mol. The minimum atomic E-state index is -0.710. The van der Waals surface area contributed by atoms with E-state index in [-0.39, 0.29) is 17.1 Å².